The zero-order valence-electron chi connectivity index (χ0n) is 34.6. The van der Waals surface area contributed by atoms with Gasteiger partial charge in [-0.25, -0.2) is 4.98 Å². The van der Waals surface area contributed by atoms with Crippen molar-refractivity contribution >= 4 is 0 Å². The number of halogens is 5. The Morgan fingerprint density at radius 3 is 1.27 bits per heavy atom. The number of pyridine rings is 5. The Labute approximate surface area is 377 Å². The van der Waals surface area contributed by atoms with Gasteiger partial charge in [0.25, 0.3) is 0 Å². The van der Waals surface area contributed by atoms with Crippen molar-refractivity contribution in [1.82, 2.24) is 24.9 Å². The van der Waals surface area contributed by atoms with Crippen molar-refractivity contribution in [2.24, 2.45) is 0 Å². The van der Waals surface area contributed by atoms with Crippen molar-refractivity contribution in [3.05, 3.63) is 115 Å². The van der Waals surface area contributed by atoms with Crippen molar-refractivity contribution in [2.45, 2.75) is 83.2 Å². The summed E-state index contributed by atoms with van der Waals surface area (Å²) in [5, 5.41) is 0. The number of rotatable bonds is 0. The predicted molar refractivity (Wildman–Crippen MR) is 225 cm³/mol. The van der Waals surface area contributed by atoms with Crippen LogP contribution in [0.4, 0.5) is 22.0 Å². The molecule has 8 bridgehead atoms. The average Bonchev–Trinajstić information content (AvgIpc) is 3.28. The van der Waals surface area contributed by atoms with Gasteiger partial charge in [0.05, 0.1) is 78.8 Å². The van der Waals surface area contributed by atoms with Gasteiger partial charge in [0.15, 0.2) is 0 Å². The average molecular weight is 1040 g/mol. The normalized spacial score (nSPS) is 15.1. The molecule has 8 heterocycles. The third kappa shape index (κ3) is 12.8. The van der Waals surface area contributed by atoms with E-state index in [0.29, 0.717) is 37.6 Å². The summed E-state index contributed by atoms with van der Waals surface area (Å²) in [5.74, 6) is -2.24. The summed E-state index contributed by atoms with van der Waals surface area (Å²) in [6.45, 7) is 1.50. The molecule has 9 nitrogen and oxygen atoms in total. The molecule has 0 spiro atoms. The molecule has 0 atom stereocenters. The molecule has 6 aromatic rings. The van der Waals surface area contributed by atoms with E-state index < -0.39 is 34.5 Å². The standard InChI is InChI=1S/C48H47F5N5O4.Re/c49-44-35-30-36(45(50)43(44)48(51,52)53)47-42(19-15-25-55-47)62-29-12-8-4-2-6-10-27-60-34-21-23-38(57-32-34)40-17-13-16-39(58-40)37-22-20-33(31-56-37)59-26-9-5-1-3-7-11-28-61-41-18-14-24-54-46(35)41;/h13-25,31-32H,1-12,26-29H2;/q-1;. The van der Waals surface area contributed by atoms with Gasteiger partial charge in [-0.05, 0) is 86.3 Å². The van der Waals surface area contributed by atoms with E-state index in [0.717, 1.165) is 87.0 Å². The van der Waals surface area contributed by atoms with E-state index >= 15 is 8.78 Å². The molecule has 1 radical (unpaired) electrons. The van der Waals surface area contributed by atoms with Crippen molar-refractivity contribution in [3.63, 3.8) is 0 Å². The van der Waals surface area contributed by atoms with Gasteiger partial charge in [0, 0.05) is 44.2 Å². The number of aromatic nitrogens is 5. The largest absolute Gasteiger partial charge is 0.499 e. The van der Waals surface area contributed by atoms with Gasteiger partial charge < -0.3 is 18.9 Å². The van der Waals surface area contributed by atoms with Crippen molar-refractivity contribution < 1.29 is 61.3 Å². The molecule has 0 fully saturated rings. The van der Waals surface area contributed by atoms with E-state index in [1.54, 1.807) is 12.4 Å². The van der Waals surface area contributed by atoms with Crippen molar-refractivity contribution in [3.8, 4) is 68.3 Å². The summed E-state index contributed by atoms with van der Waals surface area (Å²) < 4.78 is 98.4. The Kier molecular flexibility index (Phi) is 17.3. The van der Waals surface area contributed by atoms with Crippen LogP contribution in [0.1, 0.15) is 82.6 Å². The quantitative estimate of drug-likeness (QED) is 0.109. The fourth-order valence-corrected chi connectivity index (χ4v) is 7.07. The molecule has 0 saturated carbocycles. The molecule has 9 rings (SSSR count). The van der Waals surface area contributed by atoms with Crippen molar-refractivity contribution in [1.29, 1.82) is 0 Å². The molecule has 0 aliphatic carbocycles. The minimum absolute atomic E-state index is 0. The Hall–Kier alpha value is -5.52. The van der Waals surface area contributed by atoms with E-state index in [2.05, 4.69) is 26.0 Å². The van der Waals surface area contributed by atoms with Crippen LogP contribution in [0.2, 0.25) is 0 Å². The molecule has 5 aromatic heterocycles. The summed E-state index contributed by atoms with van der Waals surface area (Å²) in [7, 11) is 0. The molecule has 0 N–H and O–H groups in total. The van der Waals surface area contributed by atoms with E-state index in [9.17, 15) is 13.2 Å². The molecule has 15 heteroatoms. The van der Waals surface area contributed by atoms with Gasteiger partial charge in [0.2, 0.25) is 0 Å². The topological polar surface area (TPSA) is 101 Å². The summed E-state index contributed by atoms with van der Waals surface area (Å²) in [6, 6.07) is 21.9. The molecular formula is C48H47F5N5O4Re-. The van der Waals surface area contributed by atoms with Crippen LogP contribution < -0.4 is 18.9 Å². The third-order valence-corrected chi connectivity index (χ3v) is 10.3. The Morgan fingerprint density at radius 2 is 0.873 bits per heavy atom. The second-order valence-corrected chi connectivity index (χ2v) is 14.9. The number of nitrogens with zero attached hydrogens (tertiary/aromatic N) is 5. The molecule has 1 aromatic carbocycles. The second-order valence-electron chi connectivity index (χ2n) is 14.9. The van der Waals surface area contributed by atoms with Crippen LogP contribution in [0.5, 0.6) is 23.0 Å². The SMILES string of the molecule is Fc1c2[c-]c(c(F)c1C(F)(F)F)-c1ncccc1OCCCCCCCCOc1ccc(nc1)-c1cccc(n1)-c1ccc(cn1)OCCCCCCCCOc1cccnc1-2.[Re]. The summed E-state index contributed by atoms with van der Waals surface area (Å²) in [6.07, 6.45) is 10.9. The minimum atomic E-state index is -5.38. The first kappa shape index (κ1) is 47.0. The first-order valence-corrected chi connectivity index (χ1v) is 21.1. The fraction of sp³-hybridized carbons (Fsp3) is 0.354. The molecule has 3 aliphatic rings. The van der Waals surface area contributed by atoms with Gasteiger partial charge in [-0.1, -0.05) is 68.6 Å². The Bertz CT molecular complexity index is 2220. The van der Waals surface area contributed by atoms with E-state index in [-0.39, 0.29) is 56.5 Å². The zero-order valence-corrected chi connectivity index (χ0v) is 37.3. The van der Waals surface area contributed by atoms with E-state index in [4.69, 9.17) is 23.9 Å². The first-order chi connectivity index (χ1) is 30.3. The van der Waals surface area contributed by atoms with Gasteiger partial charge in [0.1, 0.15) is 23.0 Å². The van der Waals surface area contributed by atoms with E-state index in [1.807, 2.05) is 42.5 Å². The maximum absolute atomic E-state index is 15.8. The van der Waals surface area contributed by atoms with Crippen LogP contribution in [0.25, 0.3) is 45.3 Å². The van der Waals surface area contributed by atoms with Gasteiger partial charge in [-0.3, -0.25) is 28.7 Å². The fourth-order valence-electron chi connectivity index (χ4n) is 7.07. The molecule has 331 valence electrons. The zero-order chi connectivity index (χ0) is 43.2. The summed E-state index contributed by atoms with van der Waals surface area (Å²) in [4.78, 5) is 22.3. The number of benzene rings is 1. The minimum Gasteiger partial charge on any atom is -0.499 e. The maximum Gasteiger partial charge on any atom is 0.408 e. The number of hydrogen-bond acceptors (Lipinski definition) is 9. The van der Waals surface area contributed by atoms with Crippen LogP contribution in [-0.2, 0) is 26.6 Å². The second kappa shape index (κ2) is 23.2. The number of ether oxygens (including phenoxy) is 4. The summed E-state index contributed by atoms with van der Waals surface area (Å²) >= 11 is 0. The van der Waals surface area contributed by atoms with Crippen molar-refractivity contribution in [2.75, 3.05) is 26.4 Å². The maximum atomic E-state index is 15.8. The van der Waals surface area contributed by atoms with Gasteiger partial charge >= 0.3 is 6.18 Å². The van der Waals surface area contributed by atoms with Crippen LogP contribution >= 0.6 is 0 Å². The molecule has 0 saturated heterocycles. The molecule has 0 amide bonds. The number of hydrogen-bond donors (Lipinski definition) is 0. The van der Waals surface area contributed by atoms with Gasteiger partial charge in [-0.15, -0.1) is 6.07 Å². The number of fused-ring (bicyclic) bond motifs is 2. The van der Waals surface area contributed by atoms with Crippen LogP contribution in [0.15, 0.2) is 91.5 Å². The molecule has 0 unspecified atom stereocenters. The van der Waals surface area contributed by atoms with Crippen LogP contribution in [0.3, 0.4) is 0 Å². The summed E-state index contributed by atoms with van der Waals surface area (Å²) in [5.41, 5.74) is -1.01. The number of alkyl halides is 3. The molecule has 63 heavy (non-hydrogen) atoms. The van der Waals surface area contributed by atoms with Crippen LogP contribution in [-0.4, -0.2) is 51.3 Å². The molecular weight excluding hydrogens is 992 g/mol. The Morgan fingerprint density at radius 1 is 0.460 bits per heavy atom. The third-order valence-electron chi connectivity index (χ3n) is 10.3. The smallest absolute Gasteiger partial charge is 0.408 e. The van der Waals surface area contributed by atoms with Crippen LogP contribution in [0, 0.1) is 17.7 Å². The predicted octanol–water partition coefficient (Wildman–Crippen LogP) is 12.3. The van der Waals surface area contributed by atoms with Gasteiger partial charge in [-0.2, -0.15) is 13.2 Å². The van der Waals surface area contributed by atoms with E-state index in [1.165, 1.54) is 36.7 Å². The first-order valence-electron chi connectivity index (χ1n) is 21.1. The monoisotopic (exact) mass is 1040 g/mol. The molecule has 3 aliphatic heterocycles. The Balaban J connectivity index is 0.00000661.